The summed E-state index contributed by atoms with van der Waals surface area (Å²) in [6.07, 6.45) is 7.02. The smallest absolute Gasteiger partial charge is 0.253 e. The van der Waals surface area contributed by atoms with Gasteiger partial charge in [0.15, 0.2) is 5.76 Å². The molecule has 0 aromatic carbocycles. The van der Waals surface area contributed by atoms with Crippen LogP contribution in [0.25, 0.3) is 11.3 Å². The van der Waals surface area contributed by atoms with Gasteiger partial charge in [-0.1, -0.05) is 25.9 Å². The largest absolute Gasteiger partial charge is 0.356 e. The average molecular weight is 406 g/mol. The van der Waals surface area contributed by atoms with E-state index in [-0.39, 0.29) is 17.2 Å². The molecule has 7 heteroatoms. The molecule has 1 aliphatic heterocycles. The van der Waals surface area contributed by atoms with Crippen LogP contribution >= 0.6 is 0 Å². The number of hydrogen-bond donors (Lipinski definition) is 0. The van der Waals surface area contributed by atoms with Gasteiger partial charge in [0.2, 0.25) is 0 Å². The van der Waals surface area contributed by atoms with Crippen molar-refractivity contribution >= 4 is 5.91 Å². The van der Waals surface area contributed by atoms with Crippen LogP contribution in [0.2, 0.25) is 0 Å². The van der Waals surface area contributed by atoms with Crippen molar-refractivity contribution < 1.29 is 9.32 Å². The molecule has 0 saturated carbocycles. The summed E-state index contributed by atoms with van der Waals surface area (Å²) in [5, 5.41) is 4.03. The number of rotatable bonds is 3. The second-order valence-corrected chi connectivity index (χ2v) is 8.90. The van der Waals surface area contributed by atoms with Crippen LogP contribution in [0, 0.1) is 6.92 Å². The van der Waals surface area contributed by atoms with Crippen LogP contribution in [-0.4, -0.2) is 44.0 Å². The molecule has 0 bridgehead atoms. The Balaban J connectivity index is 1.69. The number of piperidine rings is 1. The SMILES string of the molecule is Cc1cc(-c2cnc(C(C)(C)C)nc2C2CCCN(C(=O)c3ccncc3)C2)on1. The molecule has 4 rings (SSSR count). The van der Waals surface area contributed by atoms with E-state index < -0.39 is 0 Å². The fourth-order valence-electron chi connectivity index (χ4n) is 3.81. The van der Waals surface area contributed by atoms with Gasteiger partial charge in [0.25, 0.3) is 5.91 Å². The second-order valence-electron chi connectivity index (χ2n) is 8.90. The number of carbonyl (C=O) groups excluding carboxylic acids is 1. The molecule has 1 amide bonds. The first-order valence-corrected chi connectivity index (χ1v) is 10.3. The molecule has 3 aromatic rings. The first-order valence-electron chi connectivity index (χ1n) is 10.3. The summed E-state index contributed by atoms with van der Waals surface area (Å²) in [4.78, 5) is 28.5. The third-order valence-electron chi connectivity index (χ3n) is 5.41. The highest BCUT2D eigenvalue weighted by Gasteiger charge is 2.30. The Kier molecular flexibility index (Phi) is 5.37. The summed E-state index contributed by atoms with van der Waals surface area (Å²) in [7, 11) is 0. The minimum absolute atomic E-state index is 0.0317. The quantitative estimate of drug-likeness (QED) is 0.651. The summed E-state index contributed by atoms with van der Waals surface area (Å²) in [5.41, 5.74) is 3.08. The maximum atomic E-state index is 13.0. The number of pyridine rings is 1. The maximum Gasteiger partial charge on any atom is 0.253 e. The highest BCUT2D eigenvalue weighted by molar-refractivity contribution is 5.94. The zero-order valence-corrected chi connectivity index (χ0v) is 17.9. The molecule has 1 atom stereocenters. The van der Waals surface area contributed by atoms with Gasteiger partial charge in [-0.05, 0) is 31.9 Å². The normalized spacial score (nSPS) is 17.2. The van der Waals surface area contributed by atoms with Gasteiger partial charge in [-0.25, -0.2) is 9.97 Å². The van der Waals surface area contributed by atoms with Gasteiger partial charge in [-0.2, -0.15) is 0 Å². The van der Waals surface area contributed by atoms with Crippen molar-refractivity contribution in [3.63, 3.8) is 0 Å². The summed E-state index contributed by atoms with van der Waals surface area (Å²) >= 11 is 0. The summed E-state index contributed by atoms with van der Waals surface area (Å²) in [6.45, 7) is 9.56. The van der Waals surface area contributed by atoms with E-state index >= 15 is 0 Å². The molecule has 0 spiro atoms. The van der Waals surface area contributed by atoms with Crippen LogP contribution in [0.3, 0.4) is 0 Å². The third-order valence-corrected chi connectivity index (χ3v) is 5.41. The lowest BCUT2D eigenvalue weighted by Crippen LogP contribution is -2.39. The van der Waals surface area contributed by atoms with Crippen LogP contribution in [0.1, 0.15) is 67.1 Å². The van der Waals surface area contributed by atoms with Gasteiger partial charge in [-0.3, -0.25) is 9.78 Å². The van der Waals surface area contributed by atoms with Crippen molar-refractivity contribution in [3.05, 3.63) is 59.6 Å². The lowest BCUT2D eigenvalue weighted by Gasteiger charge is -2.33. The summed E-state index contributed by atoms with van der Waals surface area (Å²) < 4.78 is 5.53. The predicted molar refractivity (Wildman–Crippen MR) is 113 cm³/mol. The molecule has 0 aliphatic carbocycles. The molecular weight excluding hydrogens is 378 g/mol. The Morgan fingerprint density at radius 3 is 2.67 bits per heavy atom. The van der Waals surface area contributed by atoms with E-state index in [2.05, 4.69) is 35.9 Å². The highest BCUT2D eigenvalue weighted by atomic mass is 16.5. The van der Waals surface area contributed by atoms with E-state index in [1.165, 1.54) is 0 Å². The maximum absolute atomic E-state index is 13.0. The van der Waals surface area contributed by atoms with Crippen LogP contribution in [0.4, 0.5) is 0 Å². The number of carbonyl (C=O) groups is 1. The molecule has 30 heavy (non-hydrogen) atoms. The number of aryl methyl sites for hydroxylation is 1. The molecular formula is C23H27N5O2. The first-order chi connectivity index (χ1) is 14.3. The lowest BCUT2D eigenvalue weighted by molar-refractivity contribution is 0.0705. The summed E-state index contributed by atoms with van der Waals surface area (Å²) in [6, 6.07) is 5.43. The molecule has 3 aromatic heterocycles. The molecule has 0 N–H and O–H groups in total. The van der Waals surface area contributed by atoms with Crippen molar-refractivity contribution in [2.24, 2.45) is 0 Å². The third kappa shape index (κ3) is 4.10. The first kappa shape index (κ1) is 20.2. The summed E-state index contributed by atoms with van der Waals surface area (Å²) in [5.74, 6) is 1.59. The van der Waals surface area contributed by atoms with Crippen molar-refractivity contribution in [1.82, 2.24) is 25.0 Å². The molecule has 7 nitrogen and oxygen atoms in total. The van der Waals surface area contributed by atoms with Crippen molar-refractivity contribution in [2.75, 3.05) is 13.1 Å². The van der Waals surface area contributed by atoms with E-state index in [1.807, 2.05) is 24.1 Å². The van der Waals surface area contributed by atoms with Crippen LogP contribution in [0.15, 0.2) is 41.3 Å². The molecule has 0 radical (unpaired) electrons. The fourth-order valence-corrected chi connectivity index (χ4v) is 3.81. The van der Waals surface area contributed by atoms with E-state index in [4.69, 9.17) is 9.51 Å². The number of hydrogen-bond acceptors (Lipinski definition) is 6. The topological polar surface area (TPSA) is 85.0 Å². The van der Waals surface area contributed by atoms with Gasteiger partial charge in [0.1, 0.15) is 5.82 Å². The van der Waals surface area contributed by atoms with E-state index in [0.717, 1.165) is 42.2 Å². The molecule has 1 fully saturated rings. The molecule has 156 valence electrons. The Hall–Kier alpha value is -3.09. The average Bonchev–Trinajstić information content (AvgIpc) is 3.19. The zero-order chi connectivity index (χ0) is 21.3. The van der Waals surface area contributed by atoms with E-state index in [9.17, 15) is 4.79 Å². The van der Waals surface area contributed by atoms with Gasteiger partial charge in [0, 0.05) is 54.6 Å². The van der Waals surface area contributed by atoms with Gasteiger partial charge < -0.3 is 9.42 Å². The predicted octanol–water partition coefficient (Wildman–Crippen LogP) is 4.15. The Morgan fingerprint density at radius 1 is 1.23 bits per heavy atom. The van der Waals surface area contributed by atoms with Crippen molar-refractivity contribution in [2.45, 2.75) is 51.9 Å². The fraction of sp³-hybridized carbons (Fsp3) is 0.435. The molecule has 1 unspecified atom stereocenters. The molecule has 4 heterocycles. The molecule has 1 saturated heterocycles. The standard InChI is InChI=1S/C23H27N5O2/c1-15-12-19(30-27-15)18-13-25-22(23(2,3)4)26-20(18)17-6-5-11-28(14-17)21(29)16-7-9-24-10-8-16/h7-10,12-13,17H,5-6,11,14H2,1-4H3. The Morgan fingerprint density at radius 2 is 2.00 bits per heavy atom. The minimum Gasteiger partial charge on any atom is -0.356 e. The lowest BCUT2D eigenvalue weighted by atomic mass is 9.89. The van der Waals surface area contributed by atoms with Crippen molar-refractivity contribution in [1.29, 1.82) is 0 Å². The van der Waals surface area contributed by atoms with E-state index in [1.54, 1.807) is 24.5 Å². The zero-order valence-electron chi connectivity index (χ0n) is 17.9. The monoisotopic (exact) mass is 405 g/mol. The van der Waals surface area contributed by atoms with E-state index in [0.29, 0.717) is 17.9 Å². The van der Waals surface area contributed by atoms with Gasteiger partial charge >= 0.3 is 0 Å². The number of amides is 1. The van der Waals surface area contributed by atoms with Crippen LogP contribution < -0.4 is 0 Å². The van der Waals surface area contributed by atoms with Crippen LogP contribution in [-0.2, 0) is 5.41 Å². The molecule has 1 aliphatic rings. The number of aromatic nitrogens is 4. The second kappa shape index (κ2) is 7.97. The van der Waals surface area contributed by atoms with Gasteiger partial charge in [0.05, 0.1) is 17.0 Å². The van der Waals surface area contributed by atoms with Crippen molar-refractivity contribution in [3.8, 4) is 11.3 Å². The minimum atomic E-state index is -0.175. The van der Waals surface area contributed by atoms with Gasteiger partial charge in [-0.15, -0.1) is 0 Å². The Labute approximate surface area is 176 Å². The number of nitrogens with zero attached hydrogens (tertiary/aromatic N) is 5. The van der Waals surface area contributed by atoms with Crippen LogP contribution in [0.5, 0.6) is 0 Å². The highest BCUT2D eigenvalue weighted by Crippen LogP contribution is 2.35. The number of likely N-dealkylation sites (tertiary alicyclic amines) is 1. The Bertz CT molecular complexity index is 1040.